The van der Waals surface area contributed by atoms with Crippen molar-refractivity contribution in [2.24, 2.45) is 17.1 Å². The molecule has 0 spiro atoms. The van der Waals surface area contributed by atoms with Gasteiger partial charge in [0.05, 0.1) is 17.3 Å². The van der Waals surface area contributed by atoms with Crippen LogP contribution in [0.5, 0.6) is 0 Å². The summed E-state index contributed by atoms with van der Waals surface area (Å²) in [5.74, 6) is -0.267. The summed E-state index contributed by atoms with van der Waals surface area (Å²) in [5, 5.41) is 3.55. The van der Waals surface area contributed by atoms with Gasteiger partial charge in [-0.1, -0.05) is 32.4 Å². The standard InChI is InChI=1S/C16H26ClN3O/c1-16(2,3)9-11(10-18)15(21)19-13-8-12(17)6-7-14(13)20(4)5/h6-8,11H,9-10,18H2,1-5H3,(H,19,21). The molecule has 4 nitrogen and oxygen atoms in total. The predicted molar refractivity (Wildman–Crippen MR) is 91.0 cm³/mol. The molecule has 1 rings (SSSR count). The molecule has 5 heteroatoms. The molecular weight excluding hydrogens is 286 g/mol. The van der Waals surface area contributed by atoms with E-state index in [2.05, 4.69) is 26.1 Å². The van der Waals surface area contributed by atoms with Gasteiger partial charge in [0.1, 0.15) is 0 Å². The van der Waals surface area contributed by atoms with Crippen LogP contribution in [0.2, 0.25) is 5.02 Å². The van der Waals surface area contributed by atoms with Crippen LogP contribution in [0.15, 0.2) is 18.2 Å². The maximum Gasteiger partial charge on any atom is 0.228 e. The average Bonchev–Trinajstić information content (AvgIpc) is 2.34. The molecule has 21 heavy (non-hydrogen) atoms. The Bertz CT molecular complexity index is 495. The van der Waals surface area contributed by atoms with Gasteiger partial charge in [-0.15, -0.1) is 0 Å². The first-order valence-electron chi connectivity index (χ1n) is 7.12. The Hall–Kier alpha value is -1.26. The van der Waals surface area contributed by atoms with Gasteiger partial charge in [-0.2, -0.15) is 0 Å². The van der Waals surface area contributed by atoms with Gasteiger partial charge >= 0.3 is 0 Å². The van der Waals surface area contributed by atoms with E-state index in [1.165, 1.54) is 0 Å². The number of nitrogens with two attached hydrogens (primary N) is 1. The van der Waals surface area contributed by atoms with Crippen molar-refractivity contribution in [2.75, 3.05) is 30.9 Å². The number of hydrogen-bond donors (Lipinski definition) is 2. The number of benzene rings is 1. The van der Waals surface area contributed by atoms with Gasteiger partial charge in [0.15, 0.2) is 0 Å². The van der Waals surface area contributed by atoms with Crippen LogP contribution in [0.4, 0.5) is 11.4 Å². The molecule has 1 aromatic rings. The number of amides is 1. The van der Waals surface area contributed by atoms with E-state index in [4.69, 9.17) is 17.3 Å². The molecule has 1 unspecified atom stereocenters. The minimum Gasteiger partial charge on any atom is -0.376 e. The van der Waals surface area contributed by atoms with Gasteiger partial charge in [0.2, 0.25) is 5.91 Å². The van der Waals surface area contributed by atoms with Gasteiger partial charge < -0.3 is 16.0 Å². The highest BCUT2D eigenvalue weighted by Gasteiger charge is 2.24. The molecule has 3 N–H and O–H groups in total. The van der Waals surface area contributed by atoms with E-state index >= 15 is 0 Å². The van der Waals surface area contributed by atoms with Crippen molar-refractivity contribution < 1.29 is 4.79 Å². The fraction of sp³-hybridized carbons (Fsp3) is 0.562. The lowest BCUT2D eigenvalue weighted by molar-refractivity contribution is -0.120. The van der Waals surface area contributed by atoms with E-state index in [0.29, 0.717) is 17.3 Å². The fourth-order valence-electron chi connectivity index (χ4n) is 2.26. The van der Waals surface area contributed by atoms with Crippen molar-refractivity contribution in [2.45, 2.75) is 27.2 Å². The Morgan fingerprint density at radius 3 is 2.48 bits per heavy atom. The summed E-state index contributed by atoms with van der Waals surface area (Å²) in [6.07, 6.45) is 0.743. The lowest BCUT2D eigenvalue weighted by Crippen LogP contribution is -2.32. The van der Waals surface area contributed by atoms with Crippen LogP contribution in [0.1, 0.15) is 27.2 Å². The van der Waals surface area contributed by atoms with E-state index in [1.807, 2.05) is 31.1 Å². The van der Waals surface area contributed by atoms with Gasteiger partial charge in [-0.3, -0.25) is 4.79 Å². The first kappa shape index (κ1) is 17.8. The second-order valence-electron chi connectivity index (χ2n) is 6.74. The molecule has 0 aliphatic carbocycles. The van der Waals surface area contributed by atoms with Crippen LogP contribution < -0.4 is 16.0 Å². The SMILES string of the molecule is CN(C)c1ccc(Cl)cc1NC(=O)C(CN)CC(C)(C)C. The minimum absolute atomic E-state index is 0.0556. The summed E-state index contributed by atoms with van der Waals surface area (Å²) in [6.45, 7) is 6.65. The van der Waals surface area contributed by atoms with Gasteiger partial charge in [-0.05, 0) is 30.0 Å². The summed E-state index contributed by atoms with van der Waals surface area (Å²) in [4.78, 5) is 14.4. The summed E-state index contributed by atoms with van der Waals surface area (Å²) >= 11 is 6.03. The molecule has 0 fully saturated rings. The van der Waals surface area contributed by atoms with Crippen LogP contribution >= 0.6 is 11.6 Å². The zero-order valence-corrected chi connectivity index (χ0v) is 14.3. The fourth-order valence-corrected chi connectivity index (χ4v) is 2.43. The number of anilines is 2. The molecule has 0 aliphatic rings. The molecule has 0 bridgehead atoms. The summed E-state index contributed by atoms with van der Waals surface area (Å²) in [6, 6.07) is 5.46. The van der Waals surface area contributed by atoms with E-state index in [-0.39, 0.29) is 17.2 Å². The normalized spacial score (nSPS) is 12.9. The third-order valence-electron chi connectivity index (χ3n) is 3.21. The Balaban J connectivity index is 2.93. The molecule has 0 aliphatic heterocycles. The van der Waals surface area contributed by atoms with Crippen molar-refractivity contribution in [1.29, 1.82) is 0 Å². The zero-order chi connectivity index (χ0) is 16.2. The quantitative estimate of drug-likeness (QED) is 0.876. The maximum atomic E-state index is 12.5. The smallest absolute Gasteiger partial charge is 0.228 e. The van der Waals surface area contributed by atoms with Crippen molar-refractivity contribution >= 4 is 28.9 Å². The summed E-state index contributed by atoms with van der Waals surface area (Å²) < 4.78 is 0. The first-order chi connectivity index (χ1) is 9.64. The van der Waals surface area contributed by atoms with Crippen molar-refractivity contribution in [3.8, 4) is 0 Å². The third kappa shape index (κ3) is 5.56. The molecule has 1 atom stereocenters. The first-order valence-corrected chi connectivity index (χ1v) is 7.49. The van der Waals surface area contributed by atoms with Crippen LogP contribution in [0.25, 0.3) is 0 Å². The number of rotatable bonds is 5. The Kier molecular flexibility index (Phi) is 6.05. The molecule has 0 radical (unpaired) electrons. The number of carbonyl (C=O) groups is 1. The van der Waals surface area contributed by atoms with Crippen molar-refractivity contribution in [1.82, 2.24) is 0 Å². The molecular formula is C16H26ClN3O. The highest BCUT2D eigenvalue weighted by Crippen LogP contribution is 2.30. The van der Waals surface area contributed by atoms with Gasteiger partial charge in [-0.25, -0.2) is 0 Å². The van der Waals surface area contributed by atoms with E-state index < -0.39 is 0 Å². The molecule has 118 valence electrons. The lowest BCUT2D eigenvalue weighted by atomic mass is 9.84. The molecule has 0 saturated carbocycles. The number of hydrogen-bond acceptors (Lipinski definition) is 3. The van der Waals surface area contributed by atoms with Crippen molar-refractivity contribution in [3.05, 3.63) is 23.2 Å². The Morgan fingerprint density at radius 1 is 1.38 bits per heavy atom. The van der Waals surface area contributed by atoms with Gasteiger partial charge in [0, 0.05) is 25.7 Å². The van der Waals surface area contributed by atoms with Crippen LogP contribution in [-0.2, 0) is 4.79 Å². The number of carbonyl (C=O) groups excluding carboxylic acids is 1. The molecule has 0 aromatic heterocycles. The number of nitrogens with zero attached hydrogens (tertiary/aromatic N) is 1. The molecule has 1 aromatic carbocycles. The molecule has 1 amide bonds. The largest absolute Gasteiger partial charge is 0.376 e. The van der Waals surface area contributed by atoms with E-state index in [1.54, 1.807) is 6.07 Å². The minimum atomic E-state index is -0.209. The summed E-state index contributed by atoms with van der Waals surface area (Å²) in [5.41, 5.74) is 7.45. The summed E-state index contributed by atoms with van der Waals surface area (Å²) in [7, 11) is 3.85. The second-order valence-corrected chi connectivity index (χ2v) is 7.18. The monoisotopic (exact) mass is 311 g/mol. The van der Waals surface area contributed by atoms with Gasteiger partial charge in [0.25, 0.3) is 0 Å². The topological polar surface area (TPSA) is 58.4 Å². The van der Waals surface area contributed by atoms with Crippen molar-refractivity contribution in [3.63, 3.8) is 0 Å². The van der Waals surface area contributed by atoms with Crippen LogP contribution in [0.3, 0.4) is 0 Å². The van der Waals surface area contributed by atoms with E-state index in [9.17, 15) is 4.79 Å². The third-order valence-corrected chi connectivity index (χ3v) is 3.45. The highest BCUT2D eigenvalue weighted by molar-refractivity contribution is 6.31. The number of halogens is 1. The predicted octanol–water partition coefficient (Wildman–Crippen LogP) is 3.36. The second kappa shape index (κ2) is 7.14. The average molecular weight is 312 g/mol. The zero-order valence-electron chi connectivity index (χ0n) is 13.5. The Morgan fingerprint density at radius 2 is 2.00 bits per heavy atom. The van der Waals surface area contributed by atoms with E-state index in [0.717, 1.165) is 12.1 Å². The number of nitrogens with one attached hydrogen (secondary N) is 1. The maximum absolute atomic E-state index is 12.5. The Labute approximate surface area is 132 Å². The highest BCUT2D eigenvalue weighted by atomic mass is 35.5. The van der Waals surface area contributed by atoms with Crippen LogP contribution in [-0.4, -0.2) is 26.5 Å². The molecule has 0 heterocycles. The molecule has 0 saturated heterocycles. The van der Waals surface area contributed by atoms with Crippen LogP contribution in [0, 0.1) is 11.3 Å². The lowest BCUT2D eigenvalue weighted by Gasteiger charge is -2.25.